The molecule has 2 N–H and O–H groups in total. The van der Waals surface area contributed by atoms with Gasteiger partial charge in [0.15, 0.2) is 0 Å². The van der Waals surface area contributed by atoms with Crippen LogP contribution in [0, 0.1) is 0 Å². The molecule has 0 fully saturated rings. The van der Waals surface area contributed by atoms with Gasteiger partial charge in [0.1, 0.15) is 12.8 Å². The molecular weight excluding hydrogens is 386 g/mol. The Balaban J connectivity index is 1.49. The molecule has 1 aromatic heterocycles. The number of amides is 2. The number of carbonyl (C=O) groups is 3. The number of ether oxygens (including phenoxy) is 1. The average molecular weight is 407 g/mol. The number of nitrogens with one attached hydrogen (secondary N) is 2. The average Bonchev–Trinajstić information content (AvgIpc) is 3.22. The summed E-state index contributed by atoms with van der Waals surface area (Å²) in [4.78, 5) is 39.4. The first-order valence-corrected chi connectivity index (χ1v) is 9.25. The Labute approximate surface area is 173 Å². The van der Waals surface area contributed by atoms with Crippen LogP contribution in [0.5, 0.6) is 0 Å². The minimum Gasteiger partial charge on any atom is -0.468 e. The molecule has 0 bridgehead atoms. The molecular formula is C22H21N3O5. The van der Waals surface area contributed by atoms with Gasteiger partial charge in [-0.15, -0.1) is 0 Å². The van der Waals surface area contributed by atoms with Gasteiger partial charge in [0.05, 0.1) is 25.6 Å². The molecule has 0 spiro atoms. The van der Waals surface area contributed by atoms with E-state index in [1.807, 2.05) is 30.3 Å². The van der Waals surface area contributed by atoms with E-state index in [1.54, 1.807) is 24.3 Å². The molecule has 0 atom stereocenters. The highest BCUT2D eigenvalue weighted by Crippen LogP contribution is 2.18. The maximum Gasteiger partial charge on any atom is 0.325 e. The fraction of sp³-hybridized carbons (Fsp3) is 0.182. The van der Waals surface area contributed by atoms with Crippen molar-refractivity contribution in [2.75, 3.05) is 19.0 Å². The smallest absolute Gasteiger partial charge is 0.325 e. The Hall–Kier alpha value is -3.94. The third-order valence-corrected chi connectivity index (χ3v) is 4.17. The fourth-order valence-corrected chi connectivity index (χ4v) is 2.67. The van der Waals surface area contributed by atoms with Crippen LogP contribution in [0.4, 0.5) is 5.69 Å². The topological polar surface area (TPSA) is 111 Å². The van der Waals surface area contributed by atoms with Crippen LogP contribution >= 0.6 is 0 Å². The summed E-state index contributed by atoms with van der Waals surface area (Å²) in [6.45, 7) is -0.169. The van der Waals surface area contributed by atoms with Crippen LogP contribution in [0.15, 0.2) is 65.3 Å². The standard InChI is InChI=1S/C22H21N3O5/c1-29-21(28)13-23-19(26)11-15-7-9-17(10-8-15)24-20(27)12-18-14-30-22(25-18)16-5-3-2-4-6-16/h2-10,14H,11-13H2,1H3,(H,23,26)(H,24,27). The van der Waals surface area contributed by atoms with E-state index in [4.69, 9.17) is 4.42 Å². The van der Waals surface area contributed by atoms with Gasteiger partial charge in [-0.05, 0) is 29.8 Å². The third-order valence-electron chi connectivity index (χ3n) is 4.17. The zero-order valence-corrected chi connectivity index (χ0v) is 16.4. The minimum absolute atomic E-state index is 0.0774. The molecule has 154 valence electrons. The van der Waals surface area contributed by atoms with Gasteiger partial charge in [-0.1, -0.05) is 30.3 Å². The second kappa shape index (κ2) is 10.0. The monoisotopic (exact) mass is 407 g/mol. The predicted octanol–water partition coefficient (Wildman–Crippen LogP) is 2.35. The van der Waals surface area contributed by atoms with Gasteiger partial charge < -0.3 is 19.8 Å². The molecule has 1 heterocycles. The van der Waals surface area contributed by atoms with E-state index >= 15 is 0 Å². The van der Waals surface area contributed by atoms with Gasteiger partial charge >= 0.3 is 5.97 Å². The Morgan fingerprint density at radius 3 is 2.40 bits per heavy atom. The quantitative estimate of drug-likeness (QED) is 0.555. The van der Waals surface area contributed by atoms with Crippen LogP contribution in [0.1, 0.15) is 11.3 Å². The van der Waals surface area contributed by atoms with Crippen LogP contribution in [-0.4, -0.2) is 36.4 Å². The maximum atomic E-state index is 12.3. The number of oxazole rings is 1. The van der Waals surface area contributed by atoms with Crippen LogP contribution in [0.2, 0.25) is 0 Å². The van der Waals surface area contributed by atoms with E-state index < -0.39 is 5.97 Å². The molecule has 0 aliphatic carbocycles. The van der Waals surface area contributed by atoms with Crippen LogP contribution in [0.3, 0.4) is 0 Å². The van der Waals surface area contributed by atoms with Crippen molar-refractivity contribution in [1.29, 1.82) is 0 Å². The highest BCUT2D eigenvalue weighted by atomic mass is 16.5. The molecule has 3 aromatic rings. The van der Waals surface area contributed by atoms with Crippen LogP contribution in [-0.2, 0) is 32.0 Å². The highest BCUT2D eigenvalue weighted by Gasteiger charge is 2.11. The lowest BCUT2D eigenvalue weighted by molar-refractivity contribution is -0.141. The summed E-state index contributed by atoms with van der Waals surface area (Å²) in [5.41, 5.74) is 2.73. The SMILES string of the molecule is COC(=O)CNC(=O)Cc1ccc(NC(=O)Cc2coc(-c3ccccc3)n2)cc1. The van der Waals surface area contributed by atoms with Crippen molar-refractivity contribution in [2.45, 2.75) is 12.8 Å². The van der Waals surface area contributed by atoms with E-state index in [1.165, 1.54) is 13.4 Å². The van der Waals surface area contributed by atoms with E-state index in [0.717, 1.165) is 11.1 Å². The van der Waals surface area contributed by atoms with Crippen molar-refractivity contribution in [3.63, 3.8) is 0 Å². The van der Waals surface area contributed by atoms with Gasteiger partial charge in [0.25, 0.3) is 0 Å². The molecule has 2 aromatic carbocycles. The minimum atomic E-state index is -0.510. The van der Waals surface area contributed by atoms with E-state index in [9.17, 15) is 14.4 Å². The number of methoxy groups -OCH3 is 1. The number of hydrogen-bond acceptors (Lipinski definition) is 6. The van der Waals surface area contributed by atoms with Crippen molar-refractivity contribution in [3.05, 3.63) is 72.1 Å². The fourth-order valence-electron chi connectivity index (χ4n) is 2.67. The number of aromatic nitrogens is 1. The first-order chi connectivity index (χ1) is 14.5. The molecule has 2 amide bonds. The zero-order chi connectivity index (χ0) is 21.3. The molecule has 0 aliphatic rings. The Kier molecular flexibility index (Phi) is 6.94. The molecule has 8 nitrogen and oxygen atoms in total. The van der Waals surface area contributed by atoms with Gasteiger partial charge in [0, 0.05) is 11.3 Å². The molecule has 0 radical (unpaired) electrons. The van der Waals surface area contributed by atoms with Crippen molar-refractivity contribution in [1.82, 2.24) is 10.3 Å². The summed E-state index contributed by atoms with van der Waals surface area (Å²) in [5, 5.41) is 5.26. The van der Waals surface area contributed by atoms with Gasteiger partial charge in [0.2, 0.25) is 17.7 Å². The molecule has 0 unspecified atom stereocenters. The molecule has 3 rings (SSSR count). The number of esters is 1. The summed E-state index contributed by atoms with van der Waals surface area (Å²) in [6, 6.07) is 16.3. The Morgan fingerprint density at radius 2 is 1.70 bits per heavy atom. The normalized spacial score (nSPS) is 10.3. The molecule has 8 heteroatoms. The molecule has 0 aliphatic heterocycles. The van der Waals surface area contributed by atoms with E-state index in [0.29, 0.717) is 17.3 Å². The first kappa shape index (κ1) is 20.8. The lowest BCUT2D eigenvalue weighted by Crippen LogP contribution is -2.31. The number of anilines is 1. The van der Waals surface area contributed by atoms with Gasteiger partial charge in [-0.3, -0.25) is 14.4 Å². The Morgan fingerprint density at radius 1 is 0.967 bits per heavy atom. The zero-order valence-electron chi connectivity index (χ0n) is 16.4. The first-order valence-electron chi connectivity index (χ1n) is 9.25. The largest absolute Gasteiger partial charge is 0.468 e. The van der Waals surface area contributed by atoms with E-state index in [-0.39, 0.29) is 31.2 Å². The summed E-state index contributed by atoms with van der Waals surface area (Å²) >= 11 is 0. The number of nitrogens with zero attached hydrogens (tertiary/aromatic N) is 1. The molecule has 30 heavy (non-hydrogen) atoms. The van der Waals surface area contributed by atoms with Crippen molar-refractivity contribution < 1.29 is 23.5 Å². The van der Waals surface area contributed by atoms with Crippen molar-refractivity contribution in [2.24, 2.45) is 0 Å². The maximum absolute atomic E-state index is 12.3. The third kappa shape index (κ3) is 6.03. The number of rotatable bonds is 8. The number of carbonyl (C=O) groups excluding carboxylic acids is 3. The lowest BCUT2D eigenvalue weighted by atomic mass is 10.1. The van der Waals surface area contributed by atoms with E-state index in [2.05, 4.69) is 20.4 Å². The van der Waals surface area contributed by atoms with Crippen LogP contribution < -0.4 is 10.6 Å². The van der Waals surface area contributed by atoms with Crippen molar-refractivity contribution >= 4 is 23.5 Å². The second-order valence-corrected chi connectivity index (χ2v) is 6.46. The van der Waals surface area contributed by atoms with Crippen LogP contribution in [0.25, 0.3) is 11.5 Å². The second-order valence-electron chi connectivity index (χ2n) is 6.46. The lowest BCUT2D eigenvalue weighted by Gasteiger charge is -2.07. The number of hydrogen-bond donors (Lipinski definition) is 2. The summed E-state index contributed by atoms with van der Waals surface area (Å²) in [5.74, 6) is -0.568. The summed E-state index contributed by atoms with van der Waals surface area (Å²) in [7, 11) is 1.26. The molecule has 0 saturated carbocycles. The van der Waals surface area contributed by atoms with Crippen molar-refractivity contribution in [3.8, 4) is 11.5 Å². The number of benzene rings is 2. The predicted molar refractivity (Wildman–Crippen MR) is 109 cm³/mol. The summed E-state index contributed by atoms with van der Waals surface area (Å²) < 4.78 is 9.90. The molecule has 0 saturated heterocycles. The van der Waals surface area contributed by atoms with Gasteiger partial charge in [-0.25, -0.2) is 4.98 Å². The Bertz CT molecular complexity index is 1010. The van der Waals surface area contributed by atoms with Gasteiger partial charge in [-0.2, -0.15) is 0 Å². The summed E-state index contributed by atoms with van der Waals surface area (Å²) in [6.07, 6.45) is 1.67. The highest BCUT2D eigenvalue weighted by molar-refractivity contribution is 5.92.